The van der Waals surface area contributed by atoms with Gasteiger partial charge in [0.05, 0.1) is 12.1 Å². The highest BCUT2D eigenvalue weighted by Gasteiger charge is 2.12. The van der Waals surface area contributed by atoms with Gasteiger partial charge in [0.15, 0.2) is 0 Å². The van der Waals surface area contributed by atoms with E-state index in [0.717, 1.165) is 17.6 Å². The minimum absolute atomic E-state index is 0.594. The van der Waals surface area contributed by atoms with Gasteiger partial charge in [0.25, 0.3) is 0 Å². The van der Waals surface area contributed by atoms with E-state index in [0.29, 0.717) is 18.3 Å². The first-order valence-electron chi connectivity index (χ1n) is 8.19. The van der Waals surface area contributed by atoms with Crippen molar-refractivity contribution >= 4 is 10.9 Å². The van der Waals surface area contributed by atoms with Crippen molar-refractivity contribution in [3.05, 3.63) is 78.3 Å². The highest BCUT2D eigenvalue weighted by Crippen LogP contribution is 2.19. The molecule has 2 aromatic carbocycles. The van der Waals surface area contributed by atoms with Gasteiger partial charge in [0, 0.05) is 23.7 Å². The molecule has 0 spiro atoms. The van der Waals surface area contributed by atoms with Crippen molar-refractivity contribution in [3.8, 4) is 11.4 Å². The number of rotatable bonds is 5. The number of fused-ring (bicyclic) bond motifs is 1. The fourth-order valence-electron chi connectivity index (χ4n) is 2.89. The fraction of sp³-hybridized carbons (Fsp3) is 0.150. The molecule has 0 saturated carbocycles. The molecule has 0 aliphatic rings. The maximum Gasteiger partial charge on any atom is 0.241 e. The van der Waals surface area contributed by atoms with Crippen molar-refractivity contribution in [1.29, 1.82) is 0 Å². The summed E-state index contributed by atoms with van der Waals surface area (Å²) in [4.78, 5) is 11.1. The summed E-state index contributed by atoms with van der Waals surface area (Å²) < 4.78 is 5.40. The van der Waals surface area contributed by atoms with Gasteiger partial charge in [-0.25, -0.2) is 0 Å². The van der Waals surface area contributed by atoms with Crippen molar-refractivity contribution in [2.45, 2.75) is 13.1 Å². The monoisotopic (exact) mass is 330 g/mol. The summed E-state index contributed by atoms with van der Waals surface area (Å²) in [5.41, 5.74) is 3.20. The second kappa shape index (κ2) is 6.83. The normalized spacial score (nSPS) is 11.3. The standard InChI is InChI=1S/C20H18N4O/c1-24(13-16-11-12-21-18-10-6-5-9-17(16)18)14-19-22-20(23-25-19)15-7-3-2-4-8-15/h2-12H,13-14H2,1H3. The molecule has 124 valence electrons. The molecule has 0 bridgehead atoms. The summed E-state index contributed by atoms with van der Waals surface area (Å²) in [6.07, 6.45) is 1.85. The summed E-state index contributed by atoms with van der Waals surface area (Å²) in [7, 11) is 2.04. The van der Waals surface area contributed by atoms with Crippen LogP contribution in [-0.4, -0.2) is 27.1 Å². The largest absolute Gasteiger partial charge is 0.338 e. The molecule has 5 heteroatoms. The Hall–Kier alpha value is -3.05. The van der Waals surface area contributed by atoms with Crippen LogP contribution >= 0.6 is 0 Å². The molecule has 4 aromatic rings. The van der Waals surface area contributed by atoms with Crippen molar-refractivity contribution in [1.82, 2.24) is 20.0 Å². The molecule has 2 aromatic heterocycles. The first kappa shape index (κ1) is 15.5. The molecule has 0 aliphatic carbocycles. The molecule has 5 nitrogen and oxygen atoms in total. The van der Waals surface area contributed by atoms with Gasteiger partial charge in [-0.2, -0.15) is 4.98 Å². The molecule has 0 atom stereocenters. The number of para-hydroxylation sites is 1. The molecule has 25 heavy (non-hydrogen) atoms. The Kier molecular flexibility index (Phi) is 4.23. The molecule has 2 heterocycles. The van der Waals surface area contributed by atoms with E-state index in [2.05, 4.69) is 32.2 Å². The molecule has 0 N–H and O–H groups in total. The van der Waals surface area contributed by atoms with Crippen molar-refractivity contribution < 1.29 is 4.52 Å². The molecule has 0 saturated heterocycles. The van der Waals surface area contributed by atoms with Crippen LogP contribution in [0.1, 0.15) is 11.5 Å². The Labute approximate surface area is 145 Å². The van der Waals surface area contributed by atoms with Crippen molar-refractivity contribution in [2.24, 2.45) is 0 Å². The van der Waals surface area contributed by atoms with Crippen LogP contribution in [0.3, 0.4) is 0 Å². The molecule has 0 amide bonds. The lowest BCUT2D eigenvalue weighted by atomic mass is 10.1. The number of aromatic nitrogens is 3. The number of pyridine rings is 1. The molecular weight excluding hydrogens is 312 g/mol. The predicted octanol–water partition coefficient (Wildman–Crippen LogP) is 3.92. The van der Waals surface area contributed by atoms with Gasteiger partial charge in [-0.1, -0.05) is 53.7 Å². The number of nitrogens with zero attached hydrogens (tertiary/aromatic N) is 4. The van der Waals surface area contributed by atoms with Gasteiger partial charge >= 0.3 is 0 Å². The van der Waals surface area contributed by atoms with E-state index in [1.165, 1.54) is 10.9 Å². The third-order valence-electron chi connectivity index (χ3n) is 4.08. The van der Waals surface area contributed by atoms with E-state index in [4.69, 9.17) is 4.52 Å². The first-order chi connectivity index (χ1) is 12.3. The smallest absolute Gasteiger partial charge is 0.241 e. The minimum Gasteiger partial charge on any atom is -0.338 e. The van der Waals surface area contributed by atoms with Crippen LogP contribution in [0.25, 0.3) is 22.3 Å². The molecular formula is C20H18N4O. The van der Waals surface area contributed by atoms with E-state index in [9.17, 15) is 0 Å². The van der Waals surface area contributed by atoms with Gasteiger partial charge in [-0.15, -0.1) is 0 Å². The Morgan fingerprint density at radius 1 is 0.920 bits per heavy atom. The lowest BCUT2D eigenvalue weighted by Gasteiger charge is -2.15. The second-order valence-corrected chi connectivity index (χ2v) is 6.04. The number of benzene rings is 2. The molecule has 0 radical (unpaired) electrons. The quantitative estimate of drug-likeness (QED) is 0.555. The zero-order valence-electron chi connectivity index (χ0n) is 14.0. The van der Waals surface area contributed by atoms with E-state index in [1.807, 2.05) is 61.8 Å². The average molecular weight is 330 g/mol. The summed E-state index contributed by atoms with van der Waals surface area (Å²) in [5, 5.41) is 5.25. The van der Waals surface area contributed by atoms with Crippen LogP contribution in [-0.2, 0) is 13.1 Å². The zero-order chi connectivity index (χ0) is 17.1. The first-order valence-corrected chi connectivity index (χ1v) is 8.19. The second-order valence-electron chi connectivity index (χ2n) is 6.04. The van der Waals surface area contributed by atoms with E-state index in [-0.39, 0.29) is 0 Å². The van der Waals surface area contributed by atoms with E-state index < -0.39 is 0 Å². The summed E-state index contributed by atoms with van der Waals surface area (Å²) in [5.74, 6) is 1.23. The lowest BCUT2D eigenvalue weighted by Crippen LogP contribution is -2.17. The third kappa shape index (κ3) is 3.41. The summed E-state index contributed by atoms with van der Waals surface area (Å²) in [6, 6.07) is 20.1. The highest BCUT2D eigenvalue weighted by atomic mass is 16.5. The predicted molar refractivity (Wildman–Crippen MR) is 96.6 cm³/mol. The van der Waals surface area contributed by atoms with Gasteiger partial charge in [0.1, 0.15) is 0 Å². The average Bonchev–Trinajstić information content (AvgIpc) is 3.11. The summed E-state index contributed by atoms with van der Waals surface area (Å²) >= 11 is 0. The van der Waals surface area contributed by atoms with Crippen LogP contribution in [0.15, 0.2) is 71.4 Å². The van der Waals surface area contributed by atoms with Crippen LogP contribution < -0.4 is 0 Å². The van der Waals surface area contributed by atoms with Gasteiger partial charge in [-0.3, -0.25) is 9.88 Å². The third-order valence-corrected chi connectivity index (χ3v) is 4.08. The maximum absolute atomic E-state index is 5.40. The Morgan fingerprint density at radius 2 is 1.72 bits per heavy atom. The lowest BCUT2D eigenvalue weighted by molar-refractivity contribution is 0.261. The number of hydrogen-bond donors (Lipinski definition) is 0. The van der Waals surface area contributed by atoms with E-state index in [1.54, 1.807) is 0 Å². The van der Waals surface area contributed by atoms with Gasteiger partial charge in [0.2, 0.25) is 11.7 Å². The molecule has 4 rings (SSSR count). The Morgan fingerprint density at radius 3 is 2.60 bits per heavy atom. The number of hydrogen-bond acceptors (Lipinski definition) is 5. The summed E-state index contributed by atoms with van der Waals surface area (Å²) in [6.45, 7) is 1.38. The maximum atomic E-state index is 5.40. The van der Waals surface area contributed by atoms with Gasteiger partial charge in [-0.05, 0) is 24.7 Å². The van der Waals surface area contributed by atoms with E-state index >= 15 is 0 Å². The SMILES string of the molecule is CN(Cc1nc(-c2ccccc2)no1)Cc1ccnc2ccccc12. The highest BCUT2D eigenvalue weighted by molar-refractivity contribution is 5.81. The molecule has 0 fully saturated rings. The van der Waals surface area contributed by atoms with Crippen LogP contribution in [0.5, 0.6) is 0 Å². The Balaban J connectivity index is 1.49. The topological polar surface area (TPSA) is 55.1 Å². The van der Waals surface area contributed by atoms with Crippen molar-refractivity contribution in [2.75, 3.05) is 7.05 Å². The minimum atomic E-state index is 0.594. The van der Waals surface area contributed by atoms with Crippen molar-refractivity contribution in [3.63, 3.8) is 0 Å². The van der Waals surface area contributed by atoms with Crippen LogP contribution in [0, 0.1) is 0 Å². The van der Waals surface area contributed by atoms with Crippen LogP contribution in [0.4, 0.5) is 0 Å². The Bertz CT molecular complexity index is 976. The molecule has 0 unspecified atom stereocenters. The molecule has 0 aliphatic heterocycles. The van der Waals surface area contributed by atoms with Crippen LogP contribution in [0.2, 0.25) is 0 Å². The zero-order valence-corrected chi connectivity index (χ0v) is 14.0. The fourth-order valence-corrected chi connectivity index (χ4v) is 2.89. The van der Waals surface area contributed by atoms with Gasteiger partial charge < -0.3 is 4.52 Å².